The number of thioether (sulfide) groups is 1. The van der Waals surface area contributed by atoms with Gasteiger partial charge < -0.3 is 19.5 Å². The number of nitrogens with zero attached hydrogens (tertiary/aromatic N) is 3. The average molecular weight is 660 g/mol. The number of hydrogen-bond donors (Lipinski definition) is 1. The van der Waals surface area contributed by atoms with Gasteiger partial charge in [-0.25, -0.2) is 9.78 Å². The zero-order chi connectivity index (χ0) is 32.2. The van der Waals surface area contributed by atoms with Gasteiger partial charge in [-0.05, 0) is 68.8 Å². The van der Waals surface area contributed by atoms with Gasteiger partial charge in [0.1, 0.15) is 16.5 Å². The number of carboxylic acids is 1. The van der Waals surface area contributed by atoms with Gasteiger partial charge in [0.2, 0.25) is 0 Å². The Morgan fingerprint density at radius 1 is 1.07 bits per heavy atom. The van der Waals surface area contributed by atoms with E-state index in [0.717, 1.165) is 60.3 Å². The predicted octanol–water partition coefficient (Wildman–Crippen LogP) is 7.49. The second kappa shape index (κ2) is 13.9. The predicted molar refractivity (Wildman–Crippen MR) is 173 cm³/mol. The van der Waals surface area contributed by atoms with Crippen LogP contribution in [0.4, 0.5) is 18.9 Å². The summed E-state index contributed by atoms with van der Waals surface area (Å²) in [4.78, 5) is 22.2. The van der Waals surface area contributed by atoms with Crippen LogP contribution in [0.5, 0.6) is 5.75 Å². The Bertz CT molecular complexity index is 1530. The van der Waals surface area contributed by atoms with Gasteiger partial charge in [-0.1, -0.05) is 18.2 Å². The molecule has 0 spiro atoms. The van der Waals surface area contributed by atoms with E-state index in [0.29, 0.717) is 35.0 Å². The molecule has 2 aromatic carbocycles. The molecule has 1 unspecified atom stereocenters. The van der Waals surface area contributed by atoms with Gasteiger partial charge in [0.15, 0.2) is 5.60 Å². The smallest absolute Gasteiger partial charge is 0.416 e. The molecule has 1 N–H and O–H groups in total. The number of carboxylic acid groups (broad SMARTS) is 1. The Morgan fingerprint density at radius 3 is 2.33 bits per heavy atom. The molecule has 2 aliphatic rings. The van der Waals surface area contributed by atoms with Crippen molar-refractivity contribution in [1.29, 1.82) is 0 Å². The second-order valence-corrected chi connectivity index (χ2v) is 13.7. The molecule has 0 saturated carbocycles. The number of aliphatic carboxylic acids is 1. The summed E-state index contributed by atoms with van der Waals surface area (Å²) < 4.78 is 50.4. The van der Waals surface area contributed by atoms with Gasteiger partial charge >= 0.3 is 12.1 Å². The summed E-state index contributed by atoms with van der Waals surface area (Å²) in [5, 5.41) is 10.2. The summed E-state index contributed by atoms with van der Waals surface area (Å²) in [6.07, 6.45) is 2.05. The maximum Gasteiger partial charge on any atom is 0.416 e. The summed E-state index contributed by atoms with van der Waals surface area (Å²) in [6, 6.07) is 13.3. The minimum absolute atomic E-state index is 0.169. The van der Waals surface area contributed by atoms with Crippen LogP contribution in [0.1, 0.15) is 36.4 Å². The van der Waals surface area contributed by atoms with Crippen molar-refractivity contribution in [3.05, 3.63) is 88.7 Å². The normalized spacial score (nSPS) is 17.7. The minimum atomic E-state index is -4.39. The second-order valence-electron chi connectivity index (χ2n) is 11.4. The molecule has 1 saturated heterocycles. The van der Waals surface area contributed by atoms with E-state index in [1.807, 2.05) is 30.4 Å². The van der Waals surface area contributed by atoms with Crippen molar-refractivity contribution in [2.45, 2.75) is 49.6 Å². The van der Waals surface area contributed by atoms with Crippen LogP contribution in [-0.4, -0.2) is 65.1 Å². The lowest BCUT2D eigenvalue weighted by atomic mass is 10.1. The first-order chi connectivity index (χ1) is 21.4. The first-order valence-corrected chi connectivity index (χ1v) is 16.5. The number of halogens is 3. The van der Waals surface area contributed by atoms with E-state index in [1.54, 1.807) is 18.9 Å². The quantitative estimate of drug-likeness (QED) is 0.227. The molecular weight excluding hydrogens is 624 g/mol. The monoisotopic (exact) mass is 659 g/mol. The van der Waals surface area contributed by atoms with Gasteiger partial charge in [-0.15, -0.1) is 23.1 Å². The molecule has 45 heavy (non-hydrogen) atoms. The third-order valence-electron chi connectivity index (χ3n) is 7.76. The number of anilines is 1. The summed E-state index contributed by atoms with van der Waals surface area (Å²) in [5.41, 5.74) is 0.768. The van der Waals surface area contributed by atoms with E-state index in [-0.39, 0.29) is 5.25 Å². The summed E-state index contributed by atoms with van der Waals surface area (Å²) in [5.74, 6) is 1.03. The molecule has 1 fully saturated rings. The van der Waals surface area contributed by atoms with Crippen molar-refractivity contribution in [3.63, 3.8) is 0 Å². The number of aromatic nitrogens is 1. The van der Waals surface area contributed by atoms with E-state index in [2.05, 4.69) is 21.9 Å². The fraction of sp³-hybridized carbons (Fsp3) is 0.394. The fourth-order valence-electron chi connectivity index (χ4n) is 5.02. The SMILES string of the molecule is COc1ccc(N2CCN(Cc3nc(-c4ccc(C(F)(F)F)cc4)sc3CSC3C=CC(OC(C)(C)C(=O)O)=CC3)CC2)cc1. The Hall–Kier alpha value is -3.48. The molecular formula is C33H36F3N3O4S2. The van der Waals surface area contributed by atoms with Gasteiger partial charge in [-0.2, -0.15) is 13.2 Å². The largest absolute Gasteiger partial charge is 0.497 e. The molecule has 0 radical (unpaired) electrons. The van der Waals surface area contributed by atoms with Crippen molar-refractivity contribution in [1.82, 2.24) is 9.88 Å². The summed E-state index contributed by atoms with van der Waals surface area (Å²) in [7, 11) is 1.65. The first kappa shape index (κ1) is 32.9. The molecule has 0 amide bonds. The van der Waals surface area contributed by atoms with E-state index >= 15 is 0 Å². The molecule has 2 heterocycles. The van der Waals surface area contributed by atoms with Crippen LogP contribution < -0.4 is 9.64 Å². The number of hydrogen-bond acceptors (Lipinski definition) is 8. The van der Waals surface area contributed by atoms with Gasteiger partial charge in [0.05, 0.1) is 18.4 Å². The van der Waals surface area contributed by atoms with Gasteiger partial charge in [-0.3, -0.25) is 4.90 Å². The van der Waals surface area contributed by atoms with E-state index in [4.69, 9.17) is 14.5 Å². The van der Waals surface area contributed by atoms with Crippen LogP contribution in [-0.2, 0) is 28.0 Å². The lowest BCUT2D eigenvalue weighted by Crippen LogP contribution is -2.46. The zero-order valence-corrected chi connectivity index (χ0v) is 27.0. The van der Waals surface area contributed by atoms with Gasteiger partial charge in [0, 0.05) is 59.9 Å². The molecule has 7 nitrogen and oxygen atoms in total. The highest BCUT2D eigenvalue weighted by Gasteiger charge is 2.31. The Morgan fingerprint density at radius 2 is 1.76 bits per heavy atom. The Labute approximate surface area is 269 Å². The third kappa shape index (κ3) is 8.42. The number of benzene rings is 2. The van der Waals surface area contributed by atoms with Crippen LogP contribution in [0.15, 0.2) is 72.5 Å². The molecule has 1 atom stereocenters. The highest BCUT2D eigenvalue weighted by Crippen LogP contribution is 2.36. The summed E-state index contributed by atoms with van der Waals surface area (Å²) >= 11 is 3.27. The van der Waals surface area contributed by atoms with Crippen molar-refractivity contribution in [3.8, 4) is 16.3 Å². The van der Waals surface area contributed by atoms with E-state index in [1.165, 1.54) is 37.3 Å². The Balaban J connectivity index is 1.26. The lowest BCUT2D eigenvalue weighted by molar-refractivity contribution is -0.156. The Kier molecular flexibility index (Phi) is 10.1. The maximum absolute atomic E-state index is 13.2. The van der Waals surface area contributed by atoms with Crippen molar-refractivity contribution < 1.29 is 32.5 Å². The minimum Gasteiger partial charge on any atom is -0.497 e. The number of thiazole rings is 1. The number of rotatable bonds is 11. The molecule has 1 aromatic heterocycles. The highest BCUT2D eigenvalue weighted by molar-refractivity contribution is 7.99. The van der Waals surface area contributed by atoms with Crippen LogP contribution in [0.3, 0.4) is 0 Å². The van der Waals surface area contributed by atoms with Crippen LogP contribution in [0.2, 0.25) is 0 Å². The number of allylic oxidation sites excluding steroid dienone is 2. The fourth-order valence-corrected chi connectivity index (χ4v) is 7.28. The maximum atomic E-state index is 13.2. The van der Waals surface area contributed by atoms with Crippen molar-refractivity contribution in [2.24, 2.45) is 0 Å². The van der Waals surface area contributed by atoms with Crippen LogP contribution in [0.25, 0.3) is 10.6 Å². The molecule has 1 aliphatic carbocycles. The molecule has 5 rings (SSSR count). The number of piperazine rings is 1. The molecule has 3 aromatic rings. The van der Waals surface area contributed by atoms with Gasteiger partial charge in [0.25, 0.3) is 0 Å². The standard InChI is InChI=1S/C33H36F3N3O4S2/c1-32(2,31(40)41)43-26-12-14-27(15-13-26)44-21-29-28(37-30(45-29)22-4-6-23(7-5-22)33(34,35)36)20-38-16-18-39(19-17-38)24-8-10-25(42-3)11-9-24/h4-14,27H,15-21H2,1-3H3,(H,40,41). The van der Waals surface area contributed by atoms with E-state index < -0.39 is 23.3 Å². The first-order valence-electron chi connectivity index (χ1n) is 14.6. The molecule has 0 bridgehead atoms. The topological polar surface area (TPSA) is 75.1 Å². The van der Waals surface area contributed by atoms with Crippen molar-refractivity contribution in [2.75, 3.05) is 38.2 Å². The lowest BCUT2D eigenvalue weighted by Gasteiger charge is -2.36. The zero-order valence-electron chi connectivity index (χ0n) is 25.3. The van der Waals surface area contributed by atoms with Crippen LogP contribution >= 0.6 is 23.1 Å². The average Bonchev–Trinajstić information content (AvgIpc) is 3.43. The molecule has 12 heteroatoms. The third-order valence-corrected chi connectivity index (χ3v) is 10.3. The highest BCUT2D eigenvalue weighted by atomic mass is 32.2. The molecule has 240 valence electrons. The molecule has 1 aliphatic heterocycles. The summed E-state index contributed by atoms with van der Waals surface area (Å²) in [6.45, 7) is 7.15. The van der Waals surface area contributed by atoms with Crippen LogP contribution in [0, 0.1) is 0 Å². The van der Waals surface area contributed by atoms with Crippen molar-refractivity contribution >= 4 is 34.8 Å². The number of ether oxygens (including phenoxy) is 2. The number of alkyl halides is 3. The van der Waals surface area contributed by atoms with E-state index in [9.17, 15) is 23.1 Å². The number of carbonyl (C=O) groups is 1. The number of methoxy groups -OCH3 is 1.